The lowest BCUT2D eigenvalue weighted by Gasteiger charge is -2.29. The highest BCUT2D eigenvalue weighted by molar-refractivity contribution is 7.72. The first kappa shape index (κ1) is 19.5. The molecule has 128 valence electrons. The SMILES string of the molecule is CCc1nccn1CCCCCC(O)(P(=O)(O)O)P(=O)(O)O. The van der Waals surface area contributed by atoms with Crippen molar-refractivity contribution >= 4 is 15.2 Å². The molecule has 0 amide bonds. The molecule has 0 unspecified atom stereocenters. The summed E-state index contributed by atoms with van der Waals surface area (Å²) in [5.74, 6) is 0.918. The third kappa shape index (κ3) is 4.49. The molecule has 0 fully saturated rings. The fourth-order valence-electron chi connectivity index (χ4n) is 2.14. The van der Waals surface area contributed by atoms with Crippen LogP contribution in [0.4, 0.5) is 0 Å². The minimum atomic E-state index is -5.34. The Hall–Kier alpha value is -0.530. The van der Waals surface area contributed by atoms with E-state index in [0.29, 0.717) is 19.4 Å². The van der Waals surface area contributed by atoms with Crippen LogP contribution in [-0.2, 0) is 22.1 Å². The molecule has 22 heavy (non-hydrogen) atoms. The zero-order chi connectivity index (χ0) is 17.0. The Labute approximate surface area is 128 Å². The van der Waals surface area contributed by atoms with E-state index in [0.717, 1.165) is 12.2 Å². The van der Waals surface area contributed by atoms with Crippen molar-refractivity contribution < 1.29 is 33.8 Å². The fourth-order valence-corrected chi connectivity index (χ4v) is 4.40. The molecular formula is C11H22N2O7P2. The molecule has 1 heterocycles. The van der Waals surface area contributed by atoms with Crippen LogP contribution in [0, 0.1) is 0 Å². The van der Waals surface area contributed by atoms with E-state index in [1.807, 2.05) is 17.7 Å². The summed E-state index contributed by atoms with van der Waals surface area (Å²) in [6, 6.07) is 0. The molecule has 1 rings (SSSR count). The van der Waals surface area contributed by atoms with Gasteiger partial charge >= 0.3 is 15.2 Å². The average Bonchev–Trinajstić information content (AvgIpc) is 2.82. The van der Waals surface area contributed by atoms with Gasteiger partial charge in [-0.3, -0.25) is 9.13 Å². The van der Waals surface area contributed by atoms with Crippen molar-refractivity contribution in [2.24, 2.45) is 0 Å². The molecule has 5 N–H and O–H groups in total. The van der Waals surface area contributed by atoms with E-state index >= 15 is 0 Å². The van der Waals surface area contributed by atoms with Gasteiger partial charge in [-0.15, -0.1) is 0 Å². The van der Waals surface area contributed by atoms with Crippen molar-refractivity contribution in [3.63, 3.8) is 0 Å². The number of aryl methyl sites for hydroxylation is 2. The van der Waals surface area contributed by atoms with Crippen LogP contribution in [0.25, 0.3) is 0 Å². The second kappa shape index (κ2) is 7.36. The summed E-state index contributed by atoms with van der Waals surface area (Å²) in [7, 11) is -10.7. The first-order valence-corrected chi connectivity index (χ1v) is 10.1. The lowest BCUT2D eigenvalue weighted by molar-refractivity contribution is 0.120. The number of unbranched alkanes of at least 4 members (excludes halogenated alkanes) is 2. The van der Waals surface area contributed by atoms with Crippen LogP contribution in [-0.4, -0.2) is 39.3 Å². The number of rotatable bonds is 9. The van der Waals surface area contributed by atoms with Crippen LogP contribution in [0.2, 0.25) is 0 Å². The third-order valence-electron chi connectivity index (χ3n) is 3.46. The highest BCUT2D eigenvalue weighted by Crippen LogP contribution is 2.69. The Morgan fingerprint density at radius 2 is 1.73 bits per heavy atom. The second-order valence-electron chi connectivity index (χ2n) is 5.06. The third-order valence-corrected chi connectivity index (χ3v) is 7.34. The molecule has 1 aromatic heterocycles. The summed E-state index contributed by atoms with van der Waals surface area (Å²) in [4.78, 5) is 40.2. The van der Waals surface area contributed by atoms with Gasteiger partial charge in [0.05, 0.1) is 0 Å². The van der Waals surface area contributed by atoms with Gasteiger partial charge < -0.3 is 29.2 Å². The van der Waals surface area contributed by atoms with Crippen molar-refractivity contribution in [2.45, 2.75) is 50.7 Å². The van der Waals surface area contributed by atoms with E-state index in [1.165, 1.54) is 0 Å². The van der Waals surface area contributed by atoms with Crippen molar-refractivity contribution in [3.05, 3.63) is 18.2 Å². The molecule has 1 aromatic rings. The Kier molecular flexibility index (Phi) is 6.53. The van der Waals surface area contributed by atoms with E-state index in [2.05, 4.69) is 4.98 Å². The number of nitrogens with zero attached hydrogens (tertiary/aromatic N) is 2. The van der Waals surface area contributed by atoms with Gasteiger partial charge in [0.15, 0.2) is 0 Å². The molecule has 0 bridgehead atoms. The first-order chi connectivity index (χ1) is 10.0. The Morgan fingerprint density at radius 3 is 2.23 bits per heavy atom. The molecular weight excluding hydrogens is 334 g/mol. The standard InChI is InChI=1S/C11H22N2O7P2/c1-2-10-12-7-9-13(10)8-5-3-4-6-11(14,21(15,16)17)22(18,19)20/h7,9,14H,2-6,8H2,1H3,(H2,15,16,17)(H2,18,19,20). The Balaban J connectivity index is 2.52. The molecule has 11 heteroatoms. The summed E-state index contributed by atoms with van der Waals surface area (Å²) in [5.41, 5.74) is 0. The predicted octanol–water partition coefficient (Wildman–Crippen LogP) is 1.01. The van der Waals surface area contributed by atoms with E-state index in [9.17, 15) is 14.2 Å². The number of imidazole rings is 1. The molecule has 0 atom stereocenters. The van der Waals surface area contributed by atoms with Gasteiger partial charge in [-0.1, -0.05) is 13.3 Å². The zero-order valence-electron chi connectivity index (χ0n) is 12.2. The summed E-state index contributed by atoms with van der Waals surface area (Å²) >= 11 is 0. The summed E-state index contributed by atoms with van der Waals surface area (Å²) in [6.07, 6.45) is 4.81. The smallest absolute Gasteiger partial charge is 0.368 e. The number of aliphatic hydroxyl groups is 1. The quantitative estimate of drug-likeness (QED) is 0.324. The topological polar surface area (TPSA) is 153 Å². The highest BCUT2D eigenvalue weighted by atomic mass is 31.2. The van der Waals surface area contributed by atoms with Gasteiger partial charge in [0.2, 0.25) is 0 Å². The van der Waals surface area contributed by atoms with Gasteiger partial charge in [-0.05, 0) is 19.3 Å². The molecule has 0 aliphatic rings. The number of hydrogen-bond acceptors (Lipinski definition) is 4. The summed E-state index contributed by atoms with van der Waals surface area (Å²) in [6.45, 7) is 2.62. The van der Waals surface area contributed by atoms with Crippen molar-refractivity contribution in [2.75, 3.05) is 0 Å². The van der Waals surface area contributed by atoms with Crippen LogP contribution in [0.3, 0.4) is 0 Å². The van der Waals surface area contributed by atoms with E-state index in [1.54, 1.807) is 6.20 Å². The first-order valence-electron chi connectivity index (χ1n) is 6.86. The van der Waals surface area contributed by atoms with Crippen LogP contribution in [0.1, 0.15) is 38.4 Å². The molecule has 9 nitrogen and oxygen atoms in total. The fraction of sp³-hybridized carbons (Fsp3) is 0.727. The highest BCUT2D eigenvalue weighted by Gasteiger charge is 2.58. The van der Waals surface area contributed by atoms with Gasteiger partial charge in [0.25, 0.3) is 5.08 Å². The predicted molar refractivity (Wildman–Crippen MR) is 79.1 cm³/mol. The molecule has 0 spiro atoms. The summed E-state index contributed by atoms with van der Waals surface area (Å²) < 4.78 is 24.3. The molecule has 0 aliphatic carbocycles. The molecule has 0 saturated heterocycles. The molecule has 0 aromatic carbocycles. The molecule has 0 radical (unpaired) electrons. The Bertz CT molecular complexity index is 555. The van der Waals surface area contributed by atoms with E-state index < -0.39 is 26.7 Å². The van der Waals surface area contributed by atoms with Crippen LogP contribution < -0.4 is 0 Å². The normalized spacial score (nSPS) is 13.5. The maximum atomic E-state index is 11.2. The maximum Gasteiger partial charge on any atom is 0.369 e. The van der Waals surface area contributed by atoms with Crippen LogP contribution in [0.5, 0.6) is 0 Å². The molecule has 0 saturated carbocycles. The monoisotopic (exact) mass is 356 g/mol. The minimum absolute atomic E-state index is 0.0862. The zero-order valence-corrected chi connectivity index (χ0v) is 14.0. The molecule has 0 aliphatic heterocycles. The largest absolute Gasteiger partial charge is 0.369 e. The minimum Gasteiger partial charge on any atom is -0.368 e. The average molecular weight is 356 g/mol. The van der Waals surface area contributed by atoms with Gasteiger partial charge in [0.1, 0.15) is 5.82 Å². The number of hydrogen-bond donors (Lipinski definition) is 5. The van der Waals surface area contributed by atoms with Crippen LogP contribution in [0.15, 0.2) is 12.4 Å². The van der Waals surface area contributed by atoms with E-state index in [-0.39, 0.29) is 6.42 Å². The lowest BCUT2D eigenvalue weighted by atomic mass is 10.2. The van der Waals surface area contributed by atoms with Crippen molar-refractivity contribution in [1.29, 1.82) is 0 Å². The van der Waals surface area contributed by atoms with Gasteiger partial charge in [0, 0.05) is 25.4 Å². The van der Waals surface area contributed by atoms with Gasteiger partial charge in [-0.2, -0.15) is 0 Å². The van der Waals surface area contributed by atoms with Crippen LogP contribution >= 0.6 is 15.2 Å². The van der Waals surface area contributed by atoms with E-state index in [4.69, 9.17) is 19.6 Å². The second-order valence-corrected chi connectivity index (χ2v) is 9.07. The van der Waals surface area contributed by atoms with Crippen molar-refractivity contribution in [1.82, 2.24) is 9.55 Å². The summed E-state index contributed by atoms with van der Waals surface area (Å²) in [5, 5.41) is 6.41. The van der Waals surface area contributed by atoms with Gasteiger partial charge in [-0.25, -0.2) is 4.98 Å². The maximum absolute atomic E-state index is 11.2. The lowest BCUT2D eigenvalue weighted by Crippen LogP contribution is -2.28. The van der Waals surface area contributed by atoms with Crippen molar-refractivity contribution in [3.8, 4) is 0 Å². The Morgan fingerprint density at radius 1 is 1.14 bits per heavy atom. The number of aromatic nitrogens is 2.